The highest BCUT2D eigenvalue weighted by Crippen LogP contribution is 2.34. The predicted octanol–water partition coefficient (Wildman–Crippen LogP) is 1.49. The summed E-state index contributed by atoms with van der Waals surface area (Å²) in [7, 11) is 0. The lowest BCUT2D eigenvalue weighted by molar-refractivity contribution is -0.153. The van der Waals surface area contributed by atoms with Gasteiger partial charge in [-0.05, 0) is 29.3 Å². The molecule has 3 N–H and O–H groups in total. The Labute approximate surface area is 122 Å². The average molecular weight is 296 g/mol. The van der Waals surface area contributed by atoms with Crippen LogP contribution in [0.15, 0.2) is 11.4 Å². The fourth-order valence-corrected chi connectivity index (χ4v) is 3.60. The number of nitrogens with zero attached hydrogens (tertiary/aromatic N) is 1. The van der Waals surface area contributed by atoms with E-state index in [-0.39, 0.29) is 24.3 Å². The maximum Gasteiger partial charge on any atom is 0.331 e. The zero-order valence-electron chi connectivity index (χ0n) is 11.7. The maximum atomic E-state index is 12.6. The van der Waals surface area contributed by atoms with E-state index in [1.807, 2.05) is 25.3 Å². The molecule has 2 atom stereocenters. The van der Waals surface area contributed by atoms with Crippen molar-refractivity contribution in [2.24, 2.45) is 17.6 Å². The number of rotatable bonds is 4. The Balaban J connectivity index is 2.32. The third kappa shape index (κ3) is 2.58. The molecule has 1 aliphatic rings. The van der Waals surface area contributed by atoms with Crippen LogP contribution in [0.5, 0.6) is 0 Å². The molecule has 2 rings (SSSR count). The van der Waals surface area contributed by atoms with Crippen molar-refractivity contribution in [3.8, 4) is 0 Å². The van der Waals surface area contributed by atoms with Crippen molar-refractivity contribution in [2.45, 2.75) is 26.3 Å². The van der Waals surface area contributed by atoms with Gasteiger partial charge in [0.05, 0.1) is 5.92 Å². The van der Waals surface area contributed by atoms with Gasteiger partial charge in [0.2, 0.25) is 5.91 Å². The van der Waals surface area contributed by atoms with Crippen LogP contribution in [-0.2, 0) is 16.0 Å². The zero-order valence-corrected chi connectivity index (χ0v) is 12.5. The van der Waals surface area contributed by atoms with E-state index in [1.165, 1.54) is 4.90 Å². The Bertz CT molecular complexity index is 512. The number of nitrogens with two attached hydrogens (primary N) is 1. The van der Waals surface area contributed by atoms with Gasteiger partial charge in [0, 0.05) is 18.0 Å². The Morgan fingerprint density at radius 3 is 2.80 bits per heavy atom. The molecule has 110 valence electrons. The quantitative estimate of drug-likeness (QED) is 0.881. The summed E-state index contributed by atoms with van der Waals surface area (Å²) in [4.78, 5) is 26.7. The lowest BCUT2D eigenvalue weighted by Crippen LogP contribution is -2.48. The molecule has 1 aliphatic heterocycles. The van der Waals surface area contributed by atoms with Gasteiger partial charge in [-0.1, -0.05) is 13.8 Å². The summed E-state index contributed by atoms with van der Waals surface area (Å²) in [5.41, 5.74) is 6.44. The summed E-state index contributed by atoms with van der Waals surface area (Å²) < 4.78 is 0. The van der Waals surface area contributed by atoms with Crippen LogP contribution in [0.25, 0.3) is 0 Å². The van der Waals surface area contributed by atoms with E-state index >= 15 is 0 Å². The number of carboxylic acid groups (broad SMARTS) is 1. The molecule has 0 aromatic carbocycles. The second kappa shape index (κ2) is 5.93. The topological polar surface area (TPSA) is 83.6 Å². The molecule has 0 bridgehead atoms. The standard InChI is InChI=1S/C14H20N2O3S/c1-8(2)10(7-15)13(17)16-5-3-11-9(4-6-20-11)12(16)14(18)19/h4,6,8,10,12H,3,5,7,15H2,1-2H3,(H,18,19). The first-order valence-corrected chi connectivity index (χ1v) is 7.65. The molecule has 0 radical (unpaired) electrons. The number of hydrogen-bond acceptors (Lipinski definition) is 4. The zero-order chi connectivity index (χ0) is 14.9. The van der Waals surface area contributed by atoms with E-state index in [4.69, 9.17) is 5.73 Å². The van der Waals surface area contributed by atoms with Gasteiger partial charge < -0.3 is 15.7 Å². The molecular weight excluding hydrogens is 276 g/mol. The lowest BCUT2D eigenvalue weighted by atomic mass is 9.91. The fraction of sp³-hybridized carbons (Fsp3) is 0.571. The van der Waals surface area contributed by atoms with Crippen LogP contribution in [0, 0.1) is 11.8 Å². The van der Waals surface area contributed by atoms with Crippen LogP contribution in [0.4, 0.5) is 0 Å². The number of thiophene rings is 1. The van der Waals surface area contributed by atoms with Crippen molar-refractivity contribution in [1.29, 1.82) is 0 Å². The lowest BCUT2D eigenvalue weighted by Gasteiger charge is -2.36. The molecule has 0 saturated heterocycles. The Hall–Kier alpha value is -1.40. The minimum atomic E-state index is -0.975. The molecule has 0 saturated carbocycles. The van der Waals surface area contributed by atoms with E-state index < -0.39 is 12.0 Å². The molecule has 5 nitrogen and oxygen atoms in total. The van der Waals surface area contributed by atoms with Gasteiger partial charge in [-0.15, -0.1) is 11.3 Å². The first-order valence-electron chi connectivity index (χ1n) is 6.77. The van der Waals surface area contributed by atoms with Crippen molar-refractivity contribution in [2.75, 3.05) is 13.1 Å². The van der Waals surface area contributed by atoms with Crippen molar-refractivity contribution in [3.63, 3.8) is 0 Å². The molecule has 1 aromatic rings. The normalized spacial score (nSPS) is 19.8. The second-order valence-corrected chi connectivity index (χ2v) is 6.41. The number of hydrogen-bond donors (Lipinski definition) is 2. The molecule has 0 fully saturated rings. The second-order valence-electron chi connectivity index (χ2n) is 5.41. The number of aliphatic carboxylic acids is 1. The summed E-state index contributed by atoms with van der Waals surface area (Å²) in [5.74, 6) is -1.34. The number of amides is 1. The molecular formula is C14H20N2O3S. The number of carbonyl (C=O) groups is 2. The number of carbonyl (C=O) groups excluding carboxylic acids is 1. The summed E-state index contributed by atoms with van der Waals surface area (Å²) >= 11 is 1.55. The number of carboxylic acids is 1. The van der Waals surface area contributed by atoms with Crippen LogP contribution < -0.4 is 5.73 Å². The summed E-state index contributed by atoms with van der Waals surface area (Å²) in [6.45, 7) is 4.57. The summed E-state index contributed by atoms with van der Waals surface area (Å²) in [6, 6.07) is 0.940. The highest BCUT2D eigenvalue weighted by molar-refractivity contribution is 7.10. The van der Waals surface area contributed by atoms with Crippen LogP contribution in [0.1, 0.15) is 30.3 Å². The average Bonchev–Trinajstić information content (AvgIpc) is 2.85. The van der Waals surface area contributed by atoms with Gasteiger partial charge in [-0.25, -0.2) is 4.79 Å². The van der Waals surface area contributed by atoms with Crippen LogP contribution in [-0.4, -0.2) is 35.0 Å². The van der Waals surface area contributed by atoms with Crippen molar-refractivity contribution in [3.05, 3.63) is 21.9 Å². The van der Waals surface area contributed by atoms with Gasteiger partial charge in [0.15, 0.2) is 6.04 Å². The van der Waals surface area contributed by atoms with Gasteiger partial charge in [0.25, 0.3) is 0 Å². The van der Waals surface area contributed by atoms with Crippen molar-refractivity contribution in [1.82, 2.24) is 4.90 Å². The first kappa shape index (κ1) is 15.0. The third-order valence-electron chi connectivity index (χ3n) is 3.86. The smallest absolute Gasteiger partial charge is 0.331 e. The summed E-state index contributed by atoms with van der Waals surface area (Å²) in [5, 5.41) is 11.4. The highest BCUT2D eigenvalue weighted by Gasteiger charge is 2.39. The van der Waals surface area contributed by atoms with Gasteiger partial charge >= 0.3 is 5.97 Å². The number of fused-ring (bicyclic) bond motifs is 1. The molecule has 2 heterocycles. The largest absolute Gasteiger partial charge is 0.479 e. The van der Waals surface area contributed by atoms with Crippen LogP contribution >= 0.6 is 11.3 Å². The van der Waals surface area contributed by atoms with Crippen molar-refractivity contribution < 1.29 is 14.7 Å². The van der Waals surface area contributed by atoms with Gasteiger partial charge in [-0.3, -0.25) is 4.79 Å². The first-order chi connectivity index (χ1) is 9.47. The Morgan fingerprint density at radius 1 is 1.55 bits per heavy atom. The van der Waals surface area contributed by atoms with E-state index in [2.05, 4.69) is 0 Å². The van der Waals surface area contributed by atoms with Gasteiger partial charge in [-0.2, -0.15) is 0 Å². The Kier molecular flexibility index (Phi) is 4.45. The highest BCUT2D eigenvalue weighted by atomic mass is 32.1. The predicted molar refractivity (Wildman–Crippen MR) is 77.5 cm³/mol. The molecule has 0 spiro atoms. The summed E-state index contributed by atoms with van der Waals surface area (Å²) in [6.07, 6.45) is 0.720. The molecule has 0 aliphatic carbocycles. The minimum Gasteiger partial charge on any atom is -0.479 e. The van der Waals surface area contributed by atoms with E-state index in [1.54, 1.807) is 11.3 Å². The SMILES string of the molecule is CC(C)C(CN)C(=O)N1CCc2sccc2C1C(=O)O. The molecule has 1 aromatic heterocycles. The van der Waals surface area contributed by atoms with Gasteiger partial charge in [0.1, 0.15) is 0 Å². The van der Waals surface area contributed by atoms with E-state index in [9.17, 15) is 14.7 Å². The molecule has 2 unspecified atom stereocenters. The van der Waals surface area contributed by atoms with Crippen LogP contribution in [0.2, 0.25) is 0 Å². The van der Waals surface area contributed by atoms with E-state index in [0.717, 1.165) is 16.9 Å². The molecule has 20 heavy (non-hydrogen) atoms. The molecule has 6 heteroatoms. The monoisotopic (exact) mass is 296 g/mol. The maximum absolute atomic E-state index is 12.6. The third-order valence-corrected chi connectivity index (χ3v) is 4.86. The van der Waals surface area contributed by atoms with Crippen LogP contribution in [0.3, 0.4) is 0 Å². The molecule has 1 amide bonds. The van der Waals surface area contributed by atoms with Crippen molar-refractivity contribution >= 4 is 23.2 Å². The Morgan fingerprint density at radius 2 is 2.25 bits per heavy atom. The minimum absolute atomic E-state index is 0.103. The fourth-order valence-electron chi connectivity index (χ4n) is 2.69. The van der Waals surface area contributed by atoms with E-state index in [0.29, 0.717) is 6.54 Å².